The Labute approximate surface area is 107 Å². The first-order valence-electron chi connectivity index (χ1n) is 5.83. The number of ether oxygens (including phenoxy) is 2. The minimum absolute atomic E-state index is 0.0485. The smallest absolute Gasteiger partial charge is 0.246 e. The van der Waals surface area contributed by atoms with Gasteiger partial charge in [-0.05, 0) is 31.5 Å². The summed E-state index contributed by atoms with van der Waals surface area (Å²) in [5.41, 5.74) is 7.25. The van der Waals surface area contributed by atoms with Gasteiger partial charge in [-0.3, -0.25) is 4.79 Å². The van der Waals surface area contributed by atoms with Crippen molar-refractivity contribution in [3.05, 3.63) is 23.8 Å². The first-order valence-corrected chi connectivity index (χ1v) is 5.83. The van der Waals surface area contributed by atoms with E-state index in [-0.39, 0.29) is 18.6 Å². The van der Waals surface area contributed by atoms with E-state index in [1.807, 2.05) is 19.9 Å². The zero-order valence-corrected chi connectivity index (χ0v) is 11.0. The lowest BCUT2D eigenvalue weighted by Gasteiger charge is -2.10. The van der Waals surface area contributed by atoms with Crippen molar-refractivity contribution in [3.8, 4) is 5.75 Å². The number of anilines is 1. The van der Waals surface area contributed by atoms with Gasteiger partial charge in [-0.1, -0.05) is 6.07 Å². The summed E-state index contributed by atoms with van der Waals surface area (Å²) in [5.74, 6) is 0.492. The number of carbonyl (C=O) groups excluding carboxylic acids is 1. The van der Waals surface area contributed by atoms with Crippen LogP contribution in [0.4, 0.5) is 5.69 Å². The summed E-state index contributed by atoms with van der Waals surface area (Å²) < 4.78 is 10.3. The maximum absolute atomic E-state index is 11.4. The van der Waals surface area contributed by atoms with E-state index >= 15 is 0 Å². The Balaban J connectivity index is 2.43. The number of benzene rings is 1. The highest BCUT2D eigenvalue weighted by molar-refractivity contribution is 5.77. The second kappa shape index (κ2) is 6.86. The highest BCUT2D eigenvalue weighted by atomic mass is 16.5. The molecule has 0 fully saturated rings. The van der Waals surface area contributed by atoms with Gasteiger partial charge in [0, 0.05) is 6.54 Å². The van der Waals surface area contributed by atoms with Crippen molar-refractivity contribution >= 4 is 11.6 Å². The van der Waals surface area contributed by atoms with Crippen LogP contribution >= 0.6 is 0 Å². The normalized spacial score (nSPS) is 10.4. The lowest BCUT2D eigenvalue weighted by Crippen LogP contribution is -2.28. The van der Waals surface area contributed by atoms with E-state index in [2.05, 4.69) is 5.32 Å². The topological polar surface area (TPSA) is 73.6 Å². The average Bonchev–Trinajstić information content (AvgIpc) is 2.34. The predicted molar refractivity (Wildman–Crippen MR) is 70.3 cm³/mol. The Hall–Kier alpha value is -1.75. The van der Waals surface area contributed by atoms with Crippen molar-refractivity contribution in [2.45, 2.75) is 26.5 Å². The van der Waals surface area contributed by atoms with Gasteiger partial charge in [0.1, 0.15) is 12.4 Å². The first kappa shape index (κ1) is 14.3. The fourth-order valence-corrected chi connectivity index (χ4v) is 1.39. The molecule has 0 radical (unpaired) electrons. The van der Waals surface area contributed by atoms with Crippen molar-refractivity contribution in [2.24, 2.45) is 0 Å². The van der Waals surface area contributed by atoms with Gasteiger partial charge < -0.3 is 20.5 Å². The molecule has 0 saturated carbocycles. The summed E-state index contributed by atoms with van der Waals surface area (Å²) >= 11 is 0. The molecule has 0 unspecified atom stereocenters. The van der Waals surface area contributed by atoms with Crippen molar-refractivity contribution < 1.29 is 14.3 Å². The van der Waals surface area contributed by atoms with E-state index < -0.39 is 0 Å². The number of nitrogens with one attached hydrogen (secondary N) is 1. The van der Waals surface area contributed by atoms with Crippen LogP contribution in [0.1, 0.15) is 19.4 Å². The fourth-order valence-electron chi connectivity index (χ4n) is 1.39. The summed E-state index contributed by atoms with van der Waals surface area (Å²) in [4.78, 5) is 11.4. The molecule has 18 heavy (non-hydrogen) atoms. The number of nitrogen functional groups attached to an aromatic ring is 1. The number of amides is 1. The van der Waals surface area contributed by atoms with Gasteiger partial charge in [0.15, 0.2) is 0 Å². The molecule has 1 rings (SSSR count). The number of rotatable bonds is 6. The number of carbonyl (C=O) groups is 1. The molecular weight excluding hydrogens is 232 g/mol. The molecule has 0 bridgehead atoms. The molecular formula is C13H20N2O3. The molecule has 0 saturated heterocycles. The Morgan fingerprint density at radius 2 is 2.17 bits per heavy atom. The van der Waals surface area contributed by atoms with Crippen LogP contribution in [0.3, 0.4) is 0 Å². The van der Waals surface area contributed by atoms with Crippen LogP contribution < -0.4 is 15.8 Å². The van der Waals surface area contributed by atoms with E-state index in [9.17, 15) is 4.79 Å². The molecule has 0 aliphatic rings. The Morgan fingerprint density at radius 1 is 1.44 bits per heavy atom. The minimum Gasteiger partial charge on any atom is -0.495 e. The lowest BCUT2D eigenvalue weighted by molar-refractivity contribution is -0.127. The van der Waals surface area contributed by atoms with Gasteiger partial charge in [0.2, 0.25) is 5.91 Å². The van der Waals surface area contributed by atoms with Crippen LogP contribution in [0.15, 0.2) is 18.2 Å². The maximum atomic E-state index is 11.4. The van der Waals surface area contributed by atoms with Crippen molar-refractivity contribution in [1.29, 1.82) is 0 Å². The maximum Gasteiger partial charge on any atom is 0.246 e. The van der Waals surface area contributed by atoms with E-state index in [0.29, 0.717) is 18.0 Å². The Kier molecular flexibility index (Phi) is 5.45. The van der Waals surface area contributed by atoms with Gasteiger partial charge >= 0.3 is 0 Å². The molecule has 0 aromatic heterocycles. The second-order valence-electron chi connectivity index (χ2n) is 4.21. The molecule has 0 aliphatic carbocycles. The Bertz CT molecular complexity index is 405. The van der Waals surface area contributed by atoms with Gasteiger partial charge in [-0.15, -0.1) is 0 Å². The third kappa shape index (κ3) is 4.63. The molecule has 100 valence electrons. The van der Waals surface area contributed by atoms with Crippen LogP contribution in [0.25, 0.3) is 0 Å². The predicted octanol–water partition coefficient (Wildman–Crippen LogP) is 1.32. The third-order valence-corrected chi connectivity index (χ3v) is 2.33. The summed E-state index contributed by atoms with van der Waals surface area (Å²) in [7, 11) is 1.57. The fraction of sp³-hybridized carbons (Fsp3) is 0.462. The number of hydrogen-bond acceptors (Lipinski definition) is 4. The highest BCUT2D eigenvalue weighted by Crippen LogP contribution is 2.21. The largest absolute Gasteiger partial charge is 0.495 e. The molecule has 1 aromatic rings. The molecule has 0 heterocycles. The summed E-state index contributed by atoms with van der Waals surface area (Å²) in [6.07, 6.45) is 0.0485. The highest BCUT2D eigenvalue weighted by Gasteiger charge is 2.04. The monoisotopic (exact) mass is 252 g/mol. The molecule has 1 aromatic carbocycles. The second-order valence-corrected chi connectivity index (χ2v) is 4.21. The van der Waals surface area contributed by atoms with Gasteiger partial charge in [-0.2, -0.15) is 0 Å². The van der Waals surface area contributed by atoms with Gasteiger partial charge in [0.25, 0.3) is 0 Å². The quantitative estimate of drug-likeness (QED) is 0.749. The number of hydrogen-bond donors (Lipinski definition) is 2. The Morgan fingerprint density at radius 3 is 2.72 bits per heavy atom. The van der Waals surface area contributed by atoms with Crippen molar-refractivity contribution in [1.82, 2.24) is 5.32 Å². The summed E-state index contributed by atoms with van der Waals surface area (Å²) in [6.45, 7) is 4.27. The number of methoxy groups -OCH3 is 1. The van der Waals surface area contributed by atoms with Gasteiger partial charge in [0.05, 0.1) is 18.9 Å². The molecule has 3 N–H and O–H groups in total. The summed E-state index contributed by atoms with van der Waals surface area (Å²) in [5, 5.41) is 2.76. The zero-order chi connectivity index (χ0) is 13.5. The molecule has 0 atom stereocenters. The lowest BCUT2D eigenvalue weighted by atomic mass is 10.2. The van der Waals surface area contributed by atoms with Crippen LogP contribution in [0.5, 0.6) is 5.75 Å². The SMILES string of the molecule is COc1ccc(CNC(=O)COC(C)C)cc1N. The zero-order valence-electron chi connectivity index (χ0n) is 11.0. The van der Waals surface area contributed by atoms with Crippen LogP contribution in [0, 0.1) is 0 Å². The average molecular weight is 252 g/mol. The van der Waals surface area contributed by atoms with Crippen LogP contribution in [0.2, 0.25) is 0 Å². The van der Waals surface area contributed by atoms with E-state index in [1.54, 1.807) is 19.2 Å². The minimum atomic E-state index is -0.141. The first-order chi connectivity index (χ1) is 8.52. The molecule has 5 heteroatoms. The molecule has 5 nitrogen and oxygen atoms in total. The summed E-state index contributed by atoms with van der Waals surface area (Å²) in [6, 6.07) is 5.42. The molecule has 1 amide bonds. The van der Waals surface area contributed by atoms with E-state index in [4.69, 9.17) is 15.2 Å². The third-order valence-electron chi connectivity index (χ3n) is 2.33. The van der Waals surface area contributed by atoms with Crippen LogP contribution in [-0.2, 0) is 16.1 Å². The number of nitrogens with two attached hydrogens (primary N) is 1. The van der Waals surface area contributed by atoms with Gasteiger partial charge in [-0.25, -0.2) is 0 Å². The van der Waals surface area contributed by atoms with E-state index in [1.165, 1.54) is 0 Å². The standard InChI is InChI=1S/C13H20N2O3/c1-9(2)18-8-13(16)15-7-10-4-5-12(17-3)11(14)6-10/h4-6,9H,7-8,14H2,1-3H3,(H,15,16). The molecule has 0 spiro atoms. The van der Waals surface area contributed by atoms with Crippen molar-refractivity contribution in [3.63, 3.8) is 0 Å². The molecule has 0 aliphatic heterocycles. The van der Waals surface area contributed by atoms with Crippen LogP contribution in [-0.4, -0.2) is 25.7 Å². The van der Waals surface area contributed by atoms with Crippen molar-refractivity contribution in [2.75, 3.05) is 19.5 Å². The van der Waals surface area contributed by atoms with E-state index in [0.717, 1.165) is 5.56 Å².